The summed E-state index contributed by atoms with van der Waals surface area (Å²) >= 11 is 4.84. The lowest BCUT2D eigenvalue weighted by molar-refractivity contribution is 0.0635. The van der Waals surface area contributed by atoms with E-state index in [4.69, 9.17) is 17.0 Å². The number of H-pyrrole nitrogens is 1. The van der Waals surface area contributed by atoms with Crippen molar-refractivity contribution in [1.29, 1.82) is 0 Å². The first-order chi connectivity index (χ1) is 11.2. The average Bonchev–Trinajstić information content (AvgIpc) is 2.48. The first kappa shape index (κ1) is 20.3. The number of para-hydroxylation sites is 2. The molecule has 0 aliphatic rings. The molecule has 8 heteroatoms. The van der Waals surface area contributed by atoms with Crippen LogP contribution < -0.4 is 10.6 Å². The van der Waals surface area contributed by atoms with Crippen molar-refractivity contribution in [1.82, 2.24) is 9.97 Å². The third-order valence-electron chi connectivity index (χ3n) is 2.75. The summed E-state index contributed by atoms with van der Waals surface area (Å²) in [5, 5.41) is 5.33. The summed E-state index contributed by atoms with van der Waals surface area (Å²) in [5.74, 6) is -0.382. The standard InChI is InChI=1S/C16H18N4O3S.CH4/c1-16(2,3)23-15(22)20-12-7-5-4-6-11(12)19-13(21)10-8-17-14(24)18-9-10;/h4-9H,1-3H3,(H,19,21)(H,20,22)(H,17,18,24);1H4. The number of hydrogen-bond acceptors (Lipinski definition) is 5. The summed E-state index contributed by atoms with van der Waals surface area (Å²) in [7, 11) is 0. The molecule has 2 aromatic rings. The van der Waals surface area contributed by atoms with Gasteiger partial charge in [0.1, 0.15) is 5.60 Å². The number of ether oxygens (including phenoxy) is 1. The zero-order chi connectivity index (χ0) is 17.7. The number of aromatic amines is 1. The van der Waals surface area contributed by atoms with Crippen molar-refractivity contribution in [2.24, 2.45) is 0 Å². The Morgan fingerprint density at radius 3 is 2.28 bits per heavy atom. The van der Waals surface area contributed by atoms with E-state index in [1.165, 1.54) is 12.4 Å². The van der Waals surface area contributed by atoms with Crippen LogP contribution in [0.1, 0.15) is 38.6 Å². The van der Waals surface area contributed by atoms with Gasteiger partial charge in [-0.2, -0.15) is 0 Å². The Morgan fingerprint density at radius 1 is 1.16 bits per heavy atom. The summed E-state index contributed by atoms with van der Waals surface area (Å²) in [5.41, 5.74) is 0.568. The van der Waals surface area contributed by atoms with E-state index in [0.717, 1.165) is 0 Å². The molecule has 0 spiro atoms. The van der Waals surface area contributed by atoms with Gasteiger partial charge in [-0.15, -0.1) is 0 Å². The van der Waals surface area contributed by atoms with Crippen LogP contribution >= 0.6 is 12.2 Å². The maximum atomic E-state index is 12.2. The molecular weight excluding hydrogens is 340 g/mol. The fourth-order valence-corrected chi connectivity index (χ4v) is 1.89. The van der Waals surface area contributed by atoms with Crippen LogP contribution in [0.5, 0.6) is 0 Å². The second-order valence-corrected chi connectivity index (χ2v) is 6.32. The minimum absolute atomic E-state index is 0. The molecule has 0 atom stereocenters. The van der Waals surface area contributed by atoms with Crippen molar-refractivity contribution in [3.8, 4) is 0 Å². The number of amides is 2. The number of carbonyl (C=O) groups is 2. The molecule has 134 valence electrons. The Balaban J connectivity index is 0.00000312. The van der Waals surface area contributed by atoms with E-state index < -0.39 is 11.7 Å². The molecule has 1 aromatic heterocycles. The SMILES string of the molecule is C.CC(C)(C)OC(=O)Nc1ccccc1NC(=O)c1cnc(=S)[nH]c1. The van der Waals surface area contributed by atoms with Crippen LogP contribution in [-0.4, -0.2) is 27.6 Å². The van der Waals surface area contributed by atoms with E-state index in [1.807, 2.05) is 0 Å². The molecule has 1 aromatic carbocycles. The Kier molecular flexibility index (Phi) is 6.81. The molecule has 0 aliphatic carbocycles. The van der Waals surface area contributed by atoms with E-state index in [2.05, 4.69) is 20.6 Å². The van der Waals surface area contributed by atoms with Crippen LogP contribution in [0.4, 0.5) is 16.2 Å². The predicted molar refractivity (Wildman–Crippen MR) is 100 cm³/mol. The Hall–Kier alpha value is -2.74. The van der Waals surface area contributed by atoms with Gasteiger partial charge >= 0.3 is 6.09 Å². The van der Waals surface area contributed by atoms with Crippen LogP contribution in [0.15, 0.2) is 36.7 Å². The number of anilines is 2. The maximum absolute atomic E-state index is 12.2. The second-order valence-electron chi connectivity index (χ2n) is 5.93. The van der Waals surface area contributed by atoms with Gasteiger partial charge in [0, 0.05) is 12.4 Å². The largest absolute Gasteiger partial charge is 0.444 e. The van der Waals surface area contributed by atoms with Crippen molar-refractivity contribution >= 4 is 35.6 Å². The third-order valence-corrected chi connectivity index (χ3v) is 2.97. The van der Waals surface area contributed by atoms with E-state index >= 15 is 0 Å². The number of nitrogens with zero attached hydrogens (tertiary/aromatic N) is 1. The lowest BCUT2D eigenvalue weighted by Crippen LogP contribution is -2.27. The average molecular weight is 362 g/mol. The number of carbonyl (C=O) groups excluding carboxylic acids is 2. The lowest BCUT2D eigenvalue weighted by atomic mass is 10.2. The van der Waals surface area contributed by atoms with Crippen LogP contribution in [0.25, 0.3) is 0 Å². The van der Waals surface area contributed by atoms with Gasteiger partial charge in [-0.3, -0.25) is 10.1 Å². The van der Waals surface area contributed by atoms with Crippen molar-refractivity contribution in [3.05, 3.63) is 47.0 Å². The van der Waals surface area contributed by atoms with Gasteiger partial charge in [0.2, 0.25) is 0 Å². The normalized spacial score (nSPS) is 10.4. The predicted octanol–water partition coefficient (Wildman–Crippen LogP) is 4.37. The van der Waals surface area contributed by atoms with Gasteiger partial charge in [0.05, 0.1) is 16.9 Å². The quantitative estimate of drug-likeness (QED) is 0.704. The number of aromatic nitrogens is 2. The summed E-state index contributed by atoms with van der Waals surface area (Å²) in [6.45, 7) is 5.31. The zero-order valence-corrected chi connectivity index (χ0v) is 14.4. The Morgan fingerprint density at radius 2 is 1.76 bits per heavy atom. The molecule has 3 N–H and O–H groups in total. The topological polar surface area (TPSA) is 96.1 Å². The van der Waals surface area contributed by atoms with Crippen LogP contribution in [-0.2, 0) is 4.74 Å². The molecule has 2 rings (SSSR count). The van der Waals surface area contributed by atoms with E-state index in [1.54, 1.807) is 45.0 Å². The third kappa shape index (κ3) is 6.34. The minimum atomic E-state index is -0.615. The van der Waals surface area contributed by atoms with Gasteiger partial charge in [-0.1, -0.05) is 19.6 Å². The molecule has 0 unspecified atom stereocenters. The molecular formula is C17H22N4O3S. The second kappa shape index (κ2) is 8.39. The van der Waals surface area contributed by atoms with E-state index in [-0.39, 0.29) is 13.3 Å². The highest BCUT2D eigenvalue weighted by Crippen LogP contribution is 2.22. The van der Waals surface area contributed by atoms with E-state index in [9.17, 15) is 9.59 Å². The zero-order valence-electron chi connectivity index (χ0n) is 13.5. The highest BCUT2D eigenvalue weighted by Gasteiger charge is 2.17. The Labute approximate surface area is 151 Å². The maximum Gasteiger partial charge on any atom is 0.412 e. The molecule has 0 bridgehead atoms. The van der Waals surface area contributed by atoms with Crippen molar-refractivity contribution in [2.75, 3.05) is 10.6 Å². The van der Waals surface area contributed by atoms with Crippen LogP contribution in [0.3, 0.4) is 0 Å². The van der Waals surface area contributed by atoms with Crippen molar-refractivity contribution in [2.45, 2.75) is 33.8 Å². The van der Waals surface area contributed by atoms with Gasteiger partial charge < -0.3 is 15.0 Å². The highest BCUT2D eigenvalue weighted by atomic mass is 32.1. The van der Waals surface area contributed by atoms with E-state index in [0.29, 0.717) is 21.7 Å². The molecule has 7 nitrogen and oxygen atoms in total. The molecule has 0 aliphatic heterocycles. The fraction of sp³-hybridized carbons (Fsp3) is 0.294. The fourth-order valence-electron chi connectivity index (χ4n) is 1.78. The highest BCUT2D eigenvalue weighted by molar-refractivity contribution is 7.71. The monoisotopic (exact) mass is 362 g/mol. The summed E-state index contributed by atoms with van der Waals surface area (Å²) in [6, 6.07) is 6.82. The lowest BCUT2D eigenvalue weighted by Gasteiger charge is -2.20. The molecule has 2 amide bonds. The van der Waals surface area contributed by atoms with Gasteiger partial charge in [-0.25, -0.2) is 9.78 Å². The first-order valence-corrected chi connectivity index (χ1v) is 7.60. The molecule has 1 heterocycles. The van der Waals surface area contributed by atoms with Crippen LogP contribution in [0, 0.1) is 4.77 Å². The molecule has 0 saturated carbocycles. The number of benzene rings is 1. The van der Waals surface area contributed by atoms with Crippen molar-refractivity contribution in [3.63, 3.8) is 0 Å². The van der Waals surface area contributed by atoms with Gasteiger partial charge in [0.25, 0.3) is 5.91 Å². The molecule has 0 fully saturated rings. The first-order valence-electron chi connectivity index (χ1n) is 7.20. The summed E-state index contributed by atoms with van der Waals surface area (Å²) < 4.78 is 5.50. The molecule has 0 radical (unpaired) electrons. The number of nitrogens with one attached hydrogen (secondary N) is 3. The summed E-state index contributed by atoms with van der Waals surface area (Å²) in [4.78, 5) is 30.7. The number of hydrogen-bond donors (Lipinski definition) is 3. The van der Waals surface area contributed by atoms with Gasteiger partial charge in [0.15, 0.2) is 4.77 Å². The Bertz CT molecular complexity index is 792. The van der Waals surface area contributed by atoms with Crippen molar-refractivity contribution < 1.29 is 14.3 Å². The minimum Gasteiger partial charge on any atom is -0.444 e. The van der Waals surface area contributed by atoms with Gasteiger partial charge in [-0.05, 0) is 45.1 Å². The molecule has 0 saturated heterocycles. The number of rotatable bonds is 3. The summed E-state index contributed by atoms with van der Waals surface area (Å²) in [6.07, 6.45) is 2.24. The molecule has 25 heavy (non-hydrogen) atoms. The van der Waals surface area contributed by atoms with Crippen LogP contribution in [0.2, 0.25) is 0 Å². The smallest absolute Gasteiger partial charge is 0.412 e.